The third-order valence-corrected chi connectivity index (χ3v) is 7.01. The van der Waals surface area contributed by atoms with E-state index in [2.05, 4.69) is 40.2 Å². The minimum atomic E-state index is -0.885. The predicted octanol–water partition coefficient (Wildman–Crippen LogP) is 4.48. The molecule has 2 radical (unpaired) electrons. The number of hydrogen-bond donors (Lipinski definition) is 4. The van der Waals surface area contributed by atoms with Gasteiger partial charge in [-0.3, -0.25) is 39.6 Å². The Morgan fingerprint density at radius 3 is 2.04 bits per heavy atom. The number of hydroxylamine groups is 1. The van der Waals surface area contributed by atoms with Crippen molar-refractivity contribution in [2.24, 2.45) is 17.2 Å². The van der Waals surface area contributed by atoms with E-state index in [9.17, 15) is 28.8 Å². The summed E-state index contributed by atoms with van der Waals surface area (Å²) in [5, 5.41) is 7.88. The number of ether oxygens (including phenoxy) is 1. The summed E-state index contributed by atoms with van der Waals surface area (Å²) in [5.41, 5.74) is 3.41. The molecule has 0 unspecified atom stereocenters. The number of nitrogens with zero attached hydrogens (tertiary/aromatic N) is 2. The molecule has 1 aliphatic rings. The van der Waals surface area contributed by atoms with Crippen molar-refractivity contribution < 1.29 is 104 Å². The molecule has 5 amide bonds. The first kappa shape index (κ1) is 53.7. The zero-order valence-corrected chi connectivity index (χ0v) is 37.6. The van der Waals surface area contributed by atoms with Crippen LogP contribution in [0.2, 0.25) is 0 Å². The van der Waals surface area contributed by atoms with Gasteiger partial charge in [0.15, 0.2) is 11.8 Å². The van der Waals surface area contributed by atoms with Crippen LogP contribution < -0.4 is 21.8 Å². The Bertz CT molecular complexity index is 1180. The molecule has 284 valence electrons. The number of rotatable bonds is 17. The first-order valence-corrected chi connectivity index (χ1v) is 16.7. The second-order valence-electron chi connectivity index (χ2n) is 13.4. The Hall–Kier alpha value is -1.67. The number of piperidine rings is 1. The van der Waals surface area contributed by atoms with Gasteiger partial charge >= 0.3 is 5.97 Å². The molecule has 2 rings (SSSR count). The van der Waals surface area contributed by atoms with Crippen LogP contribution in [-0.2, 0) is 110 Å². The maximum atomic E-state index is 12.7. The van der Waals surface area contributed by atoms with Gasteiger partial charge in [-0.2, -0.15) is 6.92 Å². The van der Waals surface area contributed by atoms with Crippen molar-refractivity contribution in [1.82, 2.24) is 15.5 Å². The average Bonchev–Trinajstić information content (AvgIpc) is 3.00. The molecule has 1 aliphatic heterocycles. The maximum absolute atomic E-state index is 12.7. The number of hydrogen-bond acceptors (Lipinski definition) is 9. The summed E-state index contributed by atoms with van der Waals surface area (Å²) >= 11 is 0. The summed E-state index contributed by atoms with van der Waals surface area (Å²) in [5.74, 6) is 4.21. The van der Waals surface area contributed by atoms with E-state index >= 15 is 0 Å². The van der Waals surface area contributed by atoms with Gasteiger partial charge in [-0.25, -0.2) is 5.90 Å². The molecule has 1 saturated heterocycles. The van der Waals surface area contributed by atoms with Crippen molar-refractivity contribution in [1.29, 1.82) is 0 Å². The van der Waals surface area contributed by atoms with Gasteiger partial charge in [-0.15, -0.1) is 6.54 Å². The zero-order chi connectivity index (χ0) is 37.6. The van der Waals surface area contributed by atoms with Gasteiger partial charge in [-0.05, 0) is 44.4 Å². The summed E-state index contributed by atoms with van der Waals surface area (Å²) in [6.45, 7) is 17.7. The van der Waals surface area contributed by atoms with E-state index in [1.165, 1.54) is 11.3 Å². The van der Waals surface area contributed by atoms with Crippen LogP contribution in [0.5, 0.6) is 0 Å². The Morgan fingerprint density at radius 2 is 1.55 bits per heavy atom. The SMILES string of the molecule is CC(C)C(=O)OCc1ccc(NC=O)cc1.CCC.C[C-]1CC(=O)N(C(C)(C)CC(C)(C)C(=O)NCC(=O)NCCCC[N-]ON)C(=O)C1.[Y].[Y]. The third kappa shape index (κ3) is 22.9. The van der Waals surface area contributed by atoms with Crippen molar-refractivity contribution in [3.8, 4) is 0 Å². The van der Waals surface area contributed by atoms with E-state index in [1.807, 2.05) is 0 Å². The molecule has 0 bridgehead atoms. The summed E-state index contributed by atoms with van der Waals surface area (Å²) in [6, 6.07) is 7.12. The van der Waals surface area contributed by atoms with Gasteiger partial charge in [0.2, 0.25) is 18.2 Å². The number of carbonyl (C=O) groups is 6. The van der Waals surface area contributed by atoms with Gasteiger partial charge in [0.1, 0.15) is 6.61 Å². The molecule has 1 heterocycles. The number of benzene rings is 1. The van der Waals surface area contributed by atoms with Crippen LogP contribution in [0, 0.1) is 17.3 Å². The largest absolute Gasteiger partial charge is 0.514 e. The first-order valence-electron chi connectivity index (χ1n) is 16.7. The van der Waals surface area contributed by atoms with Gasteiger partial charge < -0.3 is 31.1 Å². The van der Waals surface area contributed by atoms with Crippen LogP contribution in [0.15, 0.2) is 24.3 Å². The fourth-order valence-electron chi connectivity index (χ4n) is 4.92. The molecule has 0 aromatic heterocycles. The Balaban J connectivity index is -0.000000925. The van der Waals surface area contributed by atoms with Crippen LogP contribution in [0.3, 0.4) is 0 Å². The number of anilines is 1. The van der Waals surface area contributed by atoms with Gasteiger partial charge in [0.25, 0.3) is 0 Å². The molecule has 0 aliphatic carbocycles. The first-order chi connectivity index (χ1) is 22.9. The summed E-state index contributed by atoms with van der Waals surface area (Å²) in [7, 11) is 0. The maximum Gasteiger partial charge on any atom is 0.308 e. The number of esters is 1. The quantitative estimate of drug-likeness (QED) is 0.0435. The van der Waals surface area contributed by atoms with E-state index in [-0.39, 0.29) is 133 Å². The van der Waals surface area contributed by atoms with Crippen LogP contribution in [-0.4, -0.2) is 66.1 Å². The minimum Gasteiger partial charge on any atom is -0.514 e. The van der Waals surface area contributed by atoms with Gasteiger partial charge in [0.05, 0.1) is 12.5 Å². The van der Waals surface area contributed by atoms with Crippen LogP contribution >= 0.6 is 0 Å². The van der Waals surface area contributed by atoms with Gasteiger partial charge in [0, 0.05) is 88.6 Å². The molecule has 51 heavy (non-hydrogen) atoms. The number of carbonyl (C=O) groups excluding carboxylic acids is 6. The minimum absolute atomic E-state index is 0. The molecule has 1 aromatic rings. The molecule has 14 nitrogen and oxygen atoms in total. The average molecular weight is 869 g/mol. The molecular formula is C35H58N6O8Y2-2. The topological polar surface area (TPSA) is 200 Å². The van der Waals surface area contributed by atoms with Crippen molar-refractivity contribution >= 4 is 41.7 Å². The van der Waals surface area contributed by atoms with E-state index in [4.69, 9.17) is 10.6 Å². The second kappa shape index (κ2) is 28.8. The molecule has 0 saturated carbocycles. The van der Waals surface area contributed by atoms with E-state index in [0.29, 0.717) is 31.6 Å². The standard InChI is InChI=1S/C20H35N5O5.C12H15NO3.C3H8.2Y/c1-14-10-16(27)25(17(28)11-14)20(4,5)13-19(2,3)18(29)23-12-15(26)22-8-6-7-9-24-30-21;1-9(2)12(15)16-7-10-3-5-11(6-4-10)13-8-14;1-3-2;;/h6-13,21H2,1-5H3,(H,22,26)(H,23,29);3-6,8-9H,7H2,1-2H3,(H,13,14);3H2,1-2H3;;/q-2;;;;. The van der Waals surface area contributed by atoms with Crippen LogP contribution in [0.25, 0.3) is 5.48 Å². The van der Waals surface area contributed by atoms with E-state index in [0.717, 1.165) is 17.9 Å². The Labute approximate surface area is 354 Å². The van der Waals surface area contributed by atoms with Crippen molar-refractivity contribution in [2.45, 2.75) is 113 Å². The summed E-state index contributed by atoms with van der Waals surface area (Å²) in [4.78, 5) is 76.2. The van der Waals surface area contributed by atoms with Crippen molar-refractivity contribution in [3.05, 3.63) is 41.2 Å². The predicted molar refractivity (Wildman–Crippen MR) is 188 cm³/mol. The summed E-state index contributed by atoms with van der Waals surface area (Å²) < 4.78 is 5.06. The number of nitrogens with one attached hydrogen (secondary N) is 3. The zero-order valence-electron chi connectivity index (χ0n) is 31.9. The molecule has 1 fully saturated rings. The number of likely N-dealkylation sites (tertiary alicyclic amines) is 1. The molecule has 0 atom stereocenters. The Kier molecular flexibility index (Phi) is 30.3. The number of amides is 5. The molecular weight excluding hydrogens is 810 g/mol. The van der Waals surface area contributed by atoms with Gasteiger partial charge in [-0.1, -0.05) is 79.4 Å². The van der Waals surface area contributed by atoms with Crippen LogP contribution in [0.4, 0.5) is 5.69 Å². The number of nitrogens with two attached hydrogens (primary N) is 1. The molecule has 0 spiro atoms. The van der Waals surface area contributed by atoms with Crippen molar-refractivity contribution in [2.75, 3.05) is 25.0 Å². The Morgan fingerprint density at radius 1 is 1.00 bits per heavy atom. The number of imide groups is 1. The fraction of sp³-hybridized carbons (Fsp3) is 0.629. The number of unbranched alkanes of at least 4 members (excludes halogenated alkanes) is 1. The third-order valence-electron chi connectivity index (χ3n) is 7.01. The van der Waals surface area contributed by atoms with E-state index < -0.39 is 11.0 Å². The monoisotopic (exact) mass is 868 g/mol. The normalized spacial score (nSPS) is 12.9. The second-order valence-corrected chi connectivity index (χ2v) is 13.4. The molecule has 1 aromatic carbocycles. The summed E-state index contributed by atoms with van der Waals surface area (Å²) in [6.07, 6.45) is 4.06. The van der Waals surface area contributed by atoms with E-state index in [1.54, 1.807) is 72.7 Å². The van der Waals surface area contributed by atoms with Crippen molar-refractivity contribution in [3.63, 3.8) is 0 Å². The van der Waals surface area contributed by atoms with Crippen LogP contribution in [0.1, 0.15) is 106 Å². The smallest absolute Gasteiger partial charge is 0.308 e. The molecule has 5 N–H and O–H groups in total. The molecule has 16 heteroatoms. The fourth-order valence-corrected chi connectivity index (χ4v) is 4.92.